The quantitative estimate of drug-likeness (QED) is 0.423. The first-order valence-corrected chi connectivity index (χ1v) is 10.8. The van der Waals surface area contributed by atoms with Crippen LogP contribution in [0.3, 0.4) is 0 Å². The summed E-state index contributed by atoms with van der Waals surface area (Å²) in [5.41, 5.74) is 1.54. The molecular weight excluding hydrogens is 388 g/mol. The Morgan fingerprint density at radius 1 is 1.30 bits per heavy atom. The number of carbonyl (C=O) groups excluding carboxylic acids is 2. The molecule has 7 heteroatoms. The molecule has 7 nitrogen and oxygen atoms in total. The van der Waals surface area contributed by atoms with Crippen LogP contribution in [0.1, 0.15) is 52.9 Å². The highest BCUT2D eigenvalue weighted by Crippen LogP contribution is 2.48. The highest BCUT2D eigenvalue weighted by Gasteiger charge is 2.60. The summed E-state index contributed by atoms with van der Waals surface area (Å²) in [7, 11) is 1.55. The van der Waals surface area contributed by atoms with Crippen molar-refractivity contribution in [2.24, 2.45) is 11.8 Å². The van der Waals surface area contributed by atoms with Crippen molar-refractivity contribution in [3.63, 3.8) is 0 Å². The minimum absolute atomic E-state index is 0.161. The van der Waals surface area contributed by atoms with Gasteiger partial charge in [-0.25, -0.2) is 0 Å². The second-order valence-electron chi connectivity index (χ2n) is 8.84. The molecule has 0 unspecified atom stereocenters. The summed E-state index contributed by atoms with van der Waals surface area (Å²) in [6.07, 6.45) is 6.39. The van der Waals surface area contributed by atoms with Crippen molar-refractivity contribution in [2.45, 2.75) is 76.8 Å². The monoisotopic (exact) mass is 422 g/mol. The molecule has 30 heavy (non-hydrogen) atoms. The van der Waals surface area contributed by atoms with E-state index in [4.69, 9.17) is 18.9 Å². The maximum atomic E-state index is 12.5. The van der Waals surface area contributed by atoms with Gasteiger partial charge in [-0.1, -0.05) is 17.7 Å². The lowest BCUT2D eigenvalue weighted by Gasteiger charge is -2.26. The van der Waals surface area contributed by atoms with E-state index in [-0.39, 0.29) is 37.2 Å². The van der Waals surface area contributed by atoms with Crippen LogP contribution >= 0.6 is 0 Å². The molecule has 2 saturated heterocycles. The lowest BCUT2D eigenvalue weighted by Crippen LogP contribution is -2.36. The van der Waals surface area contributed by atoms with Crippen LogP contribution in [0.5, 0.6) is 0 Å². The number of methoxy groups -OCH3 is 1. The molecule has 0 bridgehead atoms. The third-order valence-corrected chi connectivity index (χ3v) is 6.60. The SMILES string of the molecule is COC[C@H]1C(=O)O[C@@H]2[C@@H]1C[C@H]1O[C@]1(COC(C)=O)CC/C=C(\C)CC/C=C(\C)[C@H]2O. The van der Waals surface area contributed by atoms with Gasteiger partial charge in [-0.15, -0.1) is 0 Å². The largest absolute Gasteiger partial charge is 0.463 e. The van der Waals surface area contributed by atoms with Crippen LogP contribution in [0.4, 0.5) is 0 Å². The van der Waals surface area contributed by atoms with E-state index < -0.39 is 23.7 Å². The summed E-state index contributed by atoms with van der Waals surface area (Å²) in [6.45, 7) is 5.80. The molecule has 6 atom stereocenters. The van der Waals surface area contributed by atoms with Crippen molar-refractivity contribution in [1.29, 1.82) is 0 Å². The second kappa shape index (κ2) is 9.62. The van der Waals surface area contributed by atoms with Crippen molar-refractivity contribution in [1.82, 2.24) is 0 Å². The Morgan fingerprint density at radius 2 is 2.07 bits per heavy atom. The van der Waals surface area contributed by atoms with E-state index in [2.05, 4.69) is 13.0 Å². The van der Waals surface area contributed by atoms with E-state index in [1.165, 1.54) is 12.5 Å². The Balaban J connectivity index is 1.87. The Kier molecular flexibility index (Phi) is 7.37. The van der Waals surface area contributed by atoms with Gasteiger partial charge < -0.3 is 24.1 Å². The fourth-order valence-corrected chi connectivity index (χ4v) is 4.66. The minimum Gasteiger partial charge on any atom is -0.463 e. The number of aliphatic hydroxyl groups is 1. The van der Waals surface area contributed by atoms with Crippen molar-refractivity contribution >= 4 is 11.9 Å². The zero-order chi connectivity index (χ0) is 21.9. The van der Waals surface area contributed by atoms with Crippen LogP contribution in [0.2, 0.25) is 0 Å². The molecule has 0 saturated carbocycles. The first-order chi connectivity index (χ1) is 14.3. The van der Waals surface area contributed by atoms with Crippen LogP contribution < -0.4 is 0 Å². The maximum Gasteiger partial charge on any atom is 0.312 e. The van der Waals surface area contributed by atoms with E-state index in [9.17, 15) is 14.7 Å². The van der Waals surface area contributed by atoms with Crippen molar-refractivity contribution < 1.29 is 33.6 Å². The van der Waals surface area contributed by atoms with E-state index in [0.29, 0.717) is 6.42 Å². The molecule has 0 aromatic rings. The Morgan fingerprint density at radius 3 is 2.77 bits per heavy atom. The number of allylic oxidation sites excluding steroid dienone is 3. The number of carbonyl (C=O) groups is 2. The van der Waals surface area contributed by atoms with Crippen molar-refractivity contribution in [2.75, 3.05) is 20.3 Å². The molecule has 168 valence electrons. The molecule has 3 aliphatic rings. The van der Waals surface area contributed by atoms with Gasteiger partial charge in [0.25, 0.3) is 0 Å². The highest BCUT2D eigenvalue weighted by atomic mass is 16.6. The number of fused-ring (bicyclic) bond motifs is 2. The molecule has 3 rings (SSSR count). The number of aliphatic hydroxyl groups excluding tert-OH is 1. The van der Waals surface area contributed by atoms with Gasteiger partial charge in [0.05, 0.1) is 18.6 Å². The number of hydrogen-bond acceptors (Lipinski definition) is 7. The first kappa shape index (κ1) is 23.0. The molecule has 1 N–H and O–H groups in total. The van der Waals surface area contributed by atoms with Crippen LogP contribution in [-0.2, 0) is 28.5 Å². The summed E-state index contributed by atoms with van der Waals surface area (Å²) in [5.74, 6) is -1.37. The Bertz CT molecular complexity index is 712. The average molecular weight is 423 g/mol. The summed E-state index contributed by atoms with van der Waals surface area (Å²) >= 11 is 0. The minimum atomic E-state index is -0.866. The predicted octanol–water partition coefficient (Wildman–Crippen LogP) is 2.71. The Hall–Kier alpha value is -1.70. The highest BCUT2D eigenvalue weighted by molar-refractivity contribution is 5.75. The van der Waals surface area contributed by atoms with Gasteiger partial charge in [-0.2, -0.15) is 0 Å². The van der Waals surface area contributed by atoms with Crippen LogP contribution in [0, 0.1) is 11.8 Å². The molecule has 2 fully saturated rings. The molecule has 0 aromatic carbocycles. The maximum absolute atomic E-state index is 12.5. The van der Waals surface area contributed by atoms with Gasteiger partial charge in [0.15, 0.2) is 0 Å². The lowest BCUT2D eigenvalue weighted by atomic mass is 9.80. The van der Waals surface area contributed by atoms with Gasteiger partial charge in [0.2, 0.25) is 0 Å². The van der Waals surface area contributed by atoms with Crippen LogP contribution in [0.15, 0.2) is 23.3 Å². The third kappa shape index (κ3) is 5.13. The topological polar surface area (TPSA) is 94.6 Å². The molecule has 0 radical (unpaired) electrons. The number of epoxide rings is 1. The number of rotatable bonds is 4. The number of esters is 2. The lowest BCUT2D eigenvalue weighted by molar-refractivity contribution is -0.148. The zero-order valence-electron chi connectivity index (χ0n) is 18.4. The fourth-order valence-electron chi connectivity index (χ4n) is 4.66. The molecular formula is C23H34O7. The van der Waals surface area contributed by atoms with E-state index in [1.54, 1.807) is 7.11 Å². The fraction of sp³-hybridized carbons (Fsp3) is 0.739. The van der Waals surface area contributed by atoms with E-state index >= 15 is 0 Å². The summed E-state index contributed by atoms with van der Waals surface area (Å²) in [5, 5.41) is 11.0. The van der Waals surface area contributed by atoms with Gasteiger partial charge in [0.1, 0.15) is 24.4 Å². The van der Waals surface area contributed by atoms with Crippen LogP contribution in [-0.4, -0.2) is 61.3 Å². The average Bonchev–Trinajstić information content (AvgIpc) is 3.29. The summed E-state index contributed by atoms with van der Waals surface area (Å²) < 4.78 is 22.3. The van der Waals surface area contributed by atoms with Crippen molar-refractivity contribution in [3.05, 3.63) is 23.3 Å². The summed E-state index contributed by atoms with van der Waals surface area (Å²) in [4.78, 5) is 23.9. The number of ether oxygens (including phenoxy) is 4. The van der Waals surface area contributed by atoms with Crippen molar-refractivity contribution in [3.8, 4) is 0 Å². The van der Waals surface area contributed by atoms with Gasteiger partial charge in [-0.3, -0.25) is 9.59 Å². The van der Waals surface area contributed by atoms with Gasteiger partial charge in [-0.05, 0) is 51.5 Å². The molecule has 0 amide bonds. The number of hydrogen-bond donors (Lipinski definition) is 1. The predicted molar refractivity (Wildman–Crippen MR) is 110 cm³/mol. The molecule has 0 spiro atoms. The molecule has 1 aliphatic carbocycles. The van der Waals surface area contributed by atoms with E-state index in [0.717, 1.165) is 31.3 Å². The molecule has 0 aromatic heterocycles. The second-order valence-corrected chi connectivity index (χ2v) is 8.84. The first-order valence-electron chi connectivity index (χ1n) is 10.8. The van der Waals surface area contributed by atoms with Gasteiger partial charge >= 0.3 is 11.9 Å². The third-order valence-electron chi connectivity index (χ3n) is 6.60. The Labute approximate surface area is 178 Å². The molecule has 2 heterocycles. The normalized spacial score (nSPS) is 40.6. The smallest absolute Gasteiger partial charge is 0.312 e. The van der Waals surface area contributed by atoms with Gasteiger partial charge in [0, 0.05) is 20.0 Å². The molecule has 2 aliphatic heterocycles. The van der Waals surface area contributed by atoms with E-state index in [1.807, 2.05) is 13.0 Å². The zero-order valence-corrected chi connectivity index (χ0v) is 18.4. The standard InChI is InChI=1S/C23H34O7/c1-14-7-5-9-15(2)20(25)21-17(18(12-27-4)22(26)29-21)11-19-23(30-19,10-6-8-14)13-28-16(3)24/h8-9,17-21,25H,5-7,10-13H2,1-4H3/b14-8+,15-9+/t17-,18-,19-,20-,21-,23+/m1/s1. The summed E-state index contributed by atoms with van der Waals surface area (Å²) in [6, 6.07) is 0. The van der Waals surface area contributed by atoms with Crippen LogP contribution in [0.25, 0.3) is 0 Å².